The third-order valence-electron chi connectivity index (χ3n) is 11.8. The molecule has 0 aromatic carbocycles. The Morgan fingerprint density at radius 3 is 2.59 bits per heavy atom. The zero-order chi connectivity index (χ0) is 24.2. The summed E-state index contributed by atoms with van der Waals surface area (Å²) in [7, 11) is 0. The zero-order valence-electron chi connectivity index (χ0n) is 21.1. The lowest BCUT2D eigenvalue weighted by Gasteiger charge is -2.59. The van der Waals surface area contributed by atoms with Gasteiger partial charge in [-0.3, -0.25) is 0 Å². The summed E-state index contributed by atoms with van der Waals surface area (Å²) in [5, 5.41) is 21.5. The highest BCUT2D eigenvalue weighted by atomic mass is 35.5. The van der Waals surface area contributed by atoms with Crippen molar-refractivity contribution in [3.05, 3.63) is 11.6 Å². The Bertz CT molecular complexity index is 863. The van der Waals surface area contributed by atoms with E-state index in [9.17, 15) is 10.2 Å². The Kier molecular flexibility index (Phi) is 5.82. The van der Waals surface area contributed by atoms with Crippen molar-refractivity contribution in [2.24, 2.45) is 52.3 Å². The van der Waals surface area contributed by atoms with Crippen LogP contribution in [0.1, 0.15) is 72.6 Å². The molecule has 6 rings (SSSR count). The average Bonchev–Trinajstić information content (AvgIpc) is 3.22. The minimum atomic E-state index is -0.665. The SMILES string of the molecule is CC1COC2(OC3CC4C5CC=C6CC(O)CC(O)C6(C)C5CCC4(C)C3C2C)C(C(Cl)Cl)C1. The van der Waals surface area contributed by atoms with Crippen molar-refractivity contribution in [1.82, 2.24) is 0 Å². The molecule has 13 atom stereocenters. The maximum absolute atomic E-state index is 11.2. The molecule has 4 nitrogen and oxygen atoms in total. The monoisotopic (exact) mass is 512 g/mol. The Morgan fingerprint density at radius 2 is 1.85 bits per heavy atom. The van der Waals surface area contributed by atoms with Gasteiger partial charge in [0.1, 0.15) is 4.84 Å². The highest BCUT2D eigenvalue weighted by molar-refractivity contribution is 6.44. The lowest BCUT2D eigenvalue weighted by atomic mass is 9.46. The topological polar surface area (TPSA) is 58.9 Å². The molecule has 3 saturated carbocycles. The normalized spacial score (nSPS) is 58.8. The molecule has 6 heteroatoms. The number of halogens is 2. The van der Waals surface area contributed by atoms with Gasteiger partial charge in [-0.15, -0.1) is 23.2 Å². The van der Waals surface area contributed by atoms with Crippen LogP contribution in [-0.2, 0) is 9.47 Å². The van der Waals surface area contributed by atoms with Gasteiger partial charge in [-0.2, -0.15) is 0 Å². The van der Waals surface area contributed by atoms with Gasteiger partial charge in [-0.05, 0) is 73.5 Å². The second kappa shape index (κ2) is 8.08. The van der Waals surface area contributed by atoms with Crippen molar-refractivity contribution in [1.29, 1.82) is 0 Å². The number of hydrogen-bond donors (Lipinski definition) is 2. The first-order valence-electron chi connectivity index (χ1n) is 13.7. The second-order valence-electron chi connectivity index (χ2n) is 13.3. The fraction of sp³-hybridized carbons (Fsp3) is 0.929. The average molecular weight is 514 g/mol. The van der Waals surface area contributed by atoms with E-state index < -0.39 is 22.8 Å². The number of allylic oxidation sites excluding steroid dienone is 1. The van der Waals surface area contributed by atoms with Crippen molar-refractivity contribution in [3.8, 4) is 0 Å². The Balaban J connectivity index is 1.31. The van der Waals surface area contributed by atoms with E-state index in [1.807, 2.05) is 0 Å². The number of hydrogen-bond acceptors (Lipinski definition) is 4. The first kappa shape index (κ1) is 24.5. The number of aliphatic hydroxyl groups excluding tert-OH is 2. The molecule has 6 aliphatic rings. The molecule has 0 radical (unpaired) electrons. The van der Waals surface area contributed by atoms with Gasteiger partial charge >= 0.3 is 0 Å². The van der Waals surface area contributed by atoms with Crippen molar-refractivity contribution < 1.29 is 19.7 Å². The summed E-state index contributed by atoms with van der Waals surface area (Å²) in [5.41, 5.74) is 1.29. The summed E-state index contributed by atoms with van der Waals surface area (Å²) < 4.78 is 13.5. The quantitative estimate of drug-likeness (QED) is 0.348. The minimum absolute atomic E-state index is 0.00136. The van der Waals surface area contributed by atoms with Crippen molar-refractivity contribution in [2.75, 3.05) is 6.61 Å². The summed E-state index contributed by atoms with van der Waals surface area (Å²) in [5.74, 6) is 2.09. The molecule has 1 spiro atoms. The summed E-state index contributed by atoms with van der Waals surface area (Å²) in [6.45, 7) is 10.0. The van der Waals surface area contributed by atoms with Crippen LogP contribution in [-0.4, -0.2) is 45.8 Å². The van der Waals surface area contributed by atoms with Crippen molar-refractivity contribution >= 4 is 23.2 Å². The summed E-state index contributed by atoms with van der Waals surface area (Å²) in [6.07, 6.45) is 8.30. The number of alkyl halides is 2. The molecule has 0 aromatic heterocycles. The fourth-order valence-electron chi connectivity index (χ4n) is 10.3. The molecular formula is C28H42Cl2O4. The smallest absolute Gasteiger partial charge is 0.176 e. The van der Waals surface area contributed by atoms with Crippen LogP contribution < -0.4 is 0 Å². The van der Waals surface area contributed by atoms with E-state index in [0.29, 0.717) is 42.6 Å². The molecule has 2 saturated heterocycles. The molecule has 34 heavy (non-hydrogen) atoms. The van der Waals surface area contributed by atoms with Gasteiger partial charge < -0.3 is 19.7 Å². The highest BCUT2D eigenvalue weighted by Crippen LogP contribution is 2.71. The van der Waals surface area contributed by atoms with Crippen LogP contribution in [0.2, 0.25) is 0 Å². The van der Waals surface area contributed by atoms with Gasteiger partial charge in [0.05, 0.1) is 24.9 Å². The Hall–Kier alpha value is 0.160. The van der Waals surface area contributed by atoms with Crippen LogP contribution in [0.25, 0.3) is 0 Å². The van der Waals surface area contributed by atoms with E-state index in [4.69, 9.17) is 32.7 Å². The molecular weight excluding hydrogens is 471 g/mol. The lowest BCUT2D eigenvalue weighted by Crippen LogP contribution is -2.57. The molecule has 0 bridgehead atoms. The van der Waals surface area contributed by atoms with Crippen molar-refractivity contribution in [2.45, 2.75) is 102 Å². The van der Waals surface area contributed by atoms with E-state index in [1.54, 1.807) is 0 Å². The van der Waals surface area contributed by atoms with Crippen molar-refractivity contribution in [3.63, 3.8) is 0 Å². The van der Waals surface area contributed by atoms with Gasteiger partial charge in [0.2, 0.25) is 0 Å². The standard InChI is InChI=1S/C28H42Cl2O4/c1-14-9-21(25(29)30)28(33-13-14)15(2)24-22(34-28)12-20-18-6-5-16-10-17(31)11-23(32)27(16,4)19(18)7-8-26(20,24)3/h5,14-15,17-25,31-32H,6-13H2,1-4H3. The maximum Gasteiger partial charge on any atom is 0.176 e. The van der Waals surface area contributed by atoms with E-state index in [0.717, 1.165) is 38.5 Å². The largest absolute Gasteiger partial charge is 0.393 e. The number of aliphatic hydroxyl groups is 2. The van der Waals surface area contributed by atoms with E-state index in [-0.39, 0.29) is 28.8 Å². The Labute approximate surface area is 214 Å². The Morgan fingerprint density at radius 1 is 1.09 bits per heavy atom. The third kappa shape index (κ3) is 3.11. The van der Waals surface area contributed by atoms with Crippen LogP contribution in [0.5, 0.6) is 0 Å². The zero-order valence-corrected chi connectivity index (χ0v) is 22.6. The third-order valence-corrected chi connectivity index (χ3v) is 12.5. The summed E-state index contributed by atoms with van der Waals surface area (Å²) >= 11 is 13.1. The van der Waals surface area contributed by atoms with Crippen LogP contribution in [0.3, 0.4) is 0 Å². The van der Waals surface area contributed by atoms with Gasteiger partial charge in [-0.25, -0.2) is 0 Å². The van der Waals surface area contributed by atoms with E-state index >= 15 is 0 Å². The predicted octanol–water partition coefficient (Wildman–Crippen LogP) is 5.71. The first-order valence-corrected chi connectivity index (χ1v) is 14.5. The maximum atomic E-state index is 11.2. The second-order valence-corrected chi connectivity index (χ2v) is 14.5. The van der Waals surface area contributed by atoms with E-state index in [2.05, 4.69) is 33.8 Å². The molecule has 0 aromatic rings. The first-order chi connectivity index (χ1) is 16.0. The molecule has 13 unspecified atom stereocenters. The van der Waals surface area contributed by atoms with Crippen LogP contribution in [0.4, 0.5) is 0 Å². The molecule has 2 heterocycles. The van der Waals surface area contributed by atoms with Crippen LogP contribution >= 0.6 is 23.2 Å². The molecule has 5 fully saturated rings. The molecule has 192 valence electrons. The molecule has 0 amide bonds. The number of rotatable bonds is 1. The van der Waals surface area contributed by atoms with Crippen LogP contribution in [0, 0.1) is 52.3 Å². The minimum Gasteiger partial charge on any atom is -0.393 e. The van der Waals surface area contributed by atoms with Gasteiger partial charge in [-0.1, -0.05) is 39.3 Å². The summed E-state index contributed by atoms with van der Waals surface area (Å²) in [4.78, 5) is -0.492. The van der Waals surface area contributed by atoms with Gasteiger partial charge in [0.25, 0.3) is 0 Å². The predicted molar refractivity (Wildman–Crippen MR) is 133 cm³/mol. The van der Waals surface area contributed by atoms with Crippen LogP contribution in [0.15, 0.2) is 11.6 Å². The highest BCUT2D eigenvalue weighted by Gasteiger charge is 2.71. The molecule has 2 N–H and O–H groups in total. The lowest BCUT2D eigenvalue weighted by molar-refractivity contribution is -0.299. The summed E-state index contributed by atoms with van der Waals surface area (Å²) in [6, 6.07) is 0. The van der Waals surface area contributed by atoms with Gasteiger partial charge in [0.15, 0.2) is 5.79 Å². The van der Waals surface area contributed by atoms with Gasteiger partial charge in [0, 0.05) is 23.7 Å². The molecule has 4 aliphatic carbocycles. The van der Waals surface area contributed by atoms with E-state index in [1.165, 1.54) is 5.57 Å². The molecule has 2 aliphatic heterocycles. The fourth-order valence-corrected chi connectivity index (χ4v) is 10.8. The number of fused-ring (bicyclic) bond motifs is 7. The number of ether oxygens (including phenoxy) is 2.